The third kappa shape index (κ3) is 2.82. The fourth-order valence-electron chi connectivity index (χ4n) is 2.31. The Morgan fingerprint density at radius 2 is 2.00 bits per heavy atom. The summed E-state index contributed by atoms with van der Waals surface area (Å²) in [7, 11) is 2.08. The Balaban J connectivity index is 2.15. The molecule has 98 valence electrons. The normalized spacial score (nSPS) is 17.6. The zero-order valence-electron chi connectivity index (χ0n) is 11.0. The number of likely N-dealkylation sites (N-methyl/N-ethyl adjacent to an activating group) is 1. The van der Waals surface area contributed by atoms with Gasteiger partial charge < -0.3 is 14.9 Å². The number of hydrogen-bond donors (Lipinski definition) is 1. The van der Waals surface area contributed by atoms with Crippen LogP contribution in [0.5, 0.6) is 5.75 Å². The lowest BCUT2D eigenvalue weighted by Gasteiger charge is -2.21. The van der Waals surface area contributed by atoms with E-state index in [4.69, 9.17) is 0 Å². The van der Waals surface area contributed by atoms with Gasteiger partial charge in [-0.1, -0.05) is 0 Å². The van der Waals surface area contributed by atoms with Crippen molar-refractivity contribution in [2.45, 2.75) is 13.3 Å². The number of aromatic hydroxyl groups is 1. The molecule has 0 radical (unpaired) electrons. The van der Waals surface area contributed by atoms with Crippen molar-refractivity contribution in [2.24, 2.45) is 0 Å². The van der Waals surface area contributed by atoms with Gasteiger partial charge in [0.15, 0.2) is 0 Å². The third-order valence-electron chi connectivity index (χ3n) is 3.45. The van der Waals surface area contributed by atoms with Gasteiger partial charge in [0.2, 0.25) is 0 Å². The lowest BCUT2D eigenvalue weighted by atomic mass is 10.1. The number of hydrogen-bond acceptors (Lipinski definition) is 3. The van der Waals surface area contributed by atoms with Gasteiger partial charge in [-0.25, -0.2) is 0 Å². The van der Waals surface area contributed by atoms with Crippen LogP contribution in [0.4, 0.5) is 0 Å². The zero-order valence-corrected chi connectivity index (χ0v) is 11.0. The molecule has 1 aliphatic rings. The van der Waals surface area contributed by atoms with E-state index in [0.29, 0.717) is 5.56 Å². The number of carbonyl (C=O) groups excluding carboxylic acids is 1. The van der Waals surface area contributed by atoms with Gasteiger partial charge in [-0.2, -0.15) is 0 Å². The summed E-state index contributed by atoms with van der Waals surface area (Å²) in [4.78, 5) is 16.6. The topological polar surface area (TPSA) is 43.8 Å². The quantitative estimate of drug-likeness (QED) is 0.818. The number of rotatable bonds is 1. The molecule has 1 amide bonds. The van der Waals surface area contributed by atoms with E-state index >= 15 is 0 Å². The molecule has 4 heteroatoms. The molecule has 0 aromatic heterocycles. The molecular formula is C14H20N2O2. The van der Waals surface area contributed by atoms with Gasteiger partial charge in [-0.05, 0) is 50.7 Å². The van der Waals surface area contributed by atoms with Gasteiger partial charge in [-0.15, -0.1) is 0 Å². The number of phenolic OH excluding ortho intramolecular Hbond substituents is 1. The summed E-state index contributed by atoms with van der Waals surface area (Å²) >= 11 is 0. The summed E-state index contributed by atoms with van der Waals surface area (Å²) in [5.74, 6) is 0.280. The van der Waals surface area contributed by atoms with E-state index in [1.165, 1.54) is 0 Å². The summed E-state index contributed by atoms with van der Waals surface area (Å²) in [6.07, 6.45) is 1.01. The summed E-state index contributed by atoms with van der Waals surface area (Å²) in [6.45, 7) is 5.40. The minimum Gasteiger partial charge on any atom is -0.508 e. The van der Waals surface area contributed by atoms with Gasteiger partial charge in [0, 0.05) is 25.2 Å². The number of benzene rings is 1. The average Bonchev–Trinajstić information content (AvgIpc) is 2.53. The molecule has 0 atom stereocenters. The van der Waals surface area contributed by atoms with Crippen molar-refractivity contribution in [3.63, 3.8) is 0 Å². The Bertz CT molecular complexity index is 445. The predicted molar refractivity (Wildman–Crippen MR) is 70.9 cm³/mol. The smallest absolute Gasteiger partial charge is 0.254 e. The highest BCUT2D eigenvalue weighted by molar-refractivity contribution is 5.95. The van der Waals surface area contributed by atoms with Gasteiger partial charge in [0.1, 0.15) is 5.75 Å². The molecule has 1 aromatic carbocycles. The Morgan fingerprint density at radius 1 is 1.22 bits per heavy atom. The van der Waals surface area contributed by atoms with Crippen molar-refractivity contribution in [2.75, 3.05) is 33.2 Å². The van der Waals surface area contributed by atoms with Crippen LogP contribution in [0.1, 0.15) is 22.3 Å². The second-order valence-corrected chi connectivity index (χ2v) is 4.95. The lowest BCUT2D eigenvalue weighted by Crippen LogP contribution is -2.34. The predicted octanol–water partition coefficient (Wildman–Crippen LogP) is 1.48. The number of phenols is 1. The maximum absolute atomic E-state index is 12.4. The Morgan fingerprint density at radius 3 is 2.72 bits per heavy atom. The molecule has 1 heterocycles. The molecule has 2 rings (SSSR count). The summed E-state index contributed by atoms with van der Waals surface area (Å²) in [6, 6.07) is 4.92. The highest BCUT2D eigenvalue weighted by atomic mass is 16.3. The fraction of sp³-hybridized carbons (Fsp3) is 0.500. The lowest BCUT2D eigenvalue weighted by molar-refractivity contribution is 0.0762. The SMILES string of the molecule is Cc1cc(O)ccc1C(=O)N1CCCN(C)CC1. The first kappa shape index (κ1) is 12.9. The maximum Gasteiger partial charge on any atom is 0.254 e. The minimum atomic E-state index is 0.0720. The Labute approximate surface area is 108 Å². The van der Waals surface area contributed by atoms with Crippen LogP contribution in [0, 0.1) is 6.92 Å². The van der Waals surface area contributed by atoms with Crippen molar-refractivity contribution in [1.82, 2.24) is 9.80 Å². The Hall–Kier alpha value is -1.55. The first-order chi connectivity index (χ1) is 8.58. The minimum absolute atomic E-state index is 0.0720. The van der Waals surface area contributed by atoms with Crippen LogP contribution in [0.3, 0.4) is 0 Å². The van der Waals surface area contributed by atoms with Crippen LogP contribution in [0.2, 0.25) is 0 Å². The van der Waals surface area contributed by atoms with E-state index < -0.39 is 0 Å². The number of carbonyl (C=O) groups is 1. The molecule has 18 heavy (non-hydrogen) atoms. The first-order valence-corrected chi connectivity index (χ1v) is 6.35. The van der Waals surface area contributed by atoms with Crippen LogP contribution < -0.4 is 0 Å². The van der Waals surface area contributed by atoms with E-state index in [1.807, 2.05) is 11.8 Å². The molecule has 1 aliphatic heterocycles. The molecule has 4 nitrogen and oxygen atoms in total. The molecule has 0 spiro atoms. The fourth-order valence-corrected chi connectivity index (χ4v) is 2.31. The average molecular weight is 248 g/mol. The number of nitrogens with zero attached hydrogens (tertiary/aromatic N) is 2. The molecule has 1 N–H and O–H groups in total. The zero-order chi connectivity index (χ0) is 13.1. The van der Waals surface area contributed by atoms with Gasteiger partial charge in [0.25, 0.3) is 5.91 Å². The van der Waals surface area contributed by atoms with Gasteiger partial charge in [-0.3, -0.25) is 4.79 Å². The molecule has 0 saturated carbocycles. The highest BCUT2D eigenvalue weighted by Gasteiger charge is 2.20. The highest BCUT2D eigenvalue weighted by Crippen LogP contribution is 2.18. The molecule has 1 fully saturated rings. The molecule has 1 saturated heterocycles. The van der Waals surface area contributed by atoms with Crippen molar-refractivity contribution in [3.05, 3.63) is 29.3 Å². The Kier molecular flexibility index (Phi) is 3.87. The number of aryl methyl sites for hydroxylation is 1. The molecule has 1 aromatic rings. The second-order valence-electron chi connectivity index (χ2n) is 4.95. The van der Waals surface area contributed by atoms with Crippen molar-refractivity contribution in [3.8, 4) is 5.75 Å². The van der Waals surface area contributed by atoms with Crippen LogP contribution in [0.25, 0.3) is 0 Å². The molecule has 0 bridgehead atoms. The van der Waals surface area contributed by atoms with Crippen LogP contribution in [0.15, 0.2) is 18.2 Å². The van der Waals surface area contributed by atoms with Gasteiger partial charge >= 0.3 is 0 Å². The first-order valence-electron chi connectivity index (χ1n) is 6.35. The van der Waals surface area contributed by atoms with Crippen LogP contribution in [-0.2, 0) is 0 Å². The van der Waals surface area contributed by atoms with Gasteiger partial charge in [0.05, 0.1) is 0 Å². The van der Waals surface area contributed by atoms with E-state index in [-0.39, 0.29) is 11.7 Å². The second kappa shape index (κ2) is 5.40. The molecule has 0 unspecified atom stereocenters. The standard InChI is InChI=1S/C14H20N2O2/c1-11-10-12(17)4-5-13(11)14(18)16-7-3-6-15(2)8-9-16/h4-5,10,17H,3,6-9H2,1-2H3. The number of amides is 1. The van der Waals surface area contributed by atoms with E-state index in [0.717, 1.165) is 38.2 Å². The van der Waals surface area contributed by atoms with E-state index in [2.05, 4.69) is 11.9 Å². The summed E-state index contributed by atoms with van der Waals surface area (Å²) < 4.78 is 0. The van der Waals surface area contributed by atoms with Crippen LogP contribution in [-0.4, -0.2) is 54.0 Å². The maximum atomic E-state index is 12.4. The van der Waals surface area contributed by atoms with Crippen LogP contribution >= 0.6 is 0 Å². The van der Waals surface area contributed by atoms with Crippen molar-refractivity contribution in [1.29, 1.82) is 0 Å². The largest absolute Gasteiger partial charge is 0.508 e. The summed E-state index contributed by atoms with van der Waals surface area (Å²) in [5.41, 5.74) is 1.52. The third-order valence-corrected chi connectivity index (χ3v) is 3.45. The molecular weight excluding hydrogens is 228 g/mol. The summed E-state index contributed by atoms with van der Waals surface area (Å²) in [5, 5.41) is 9.38. The van der Waals surface area contributed by atoms with Crippen molar-refractivity contribution < 1.29 is 9.90 Å². The van der Waals surface area contributed by atoms with E-state index in [9.17, 15) is 9.90 Å². The molecule has 0 aliphatic carbocycles. The monoisotopic (exact) mass is 248 g/mol. The van der Waals surface area contributed by atoms with Crippen molar-refractivity contribution >= 4 is 5.91 Å². The van der Waals surface area contributed by atoms with E-state index in [1.54, 1.807) is 18.2 Å².